The van der Waals surface area contributed by atoms with Crippen molar-refractivity contribution in [1.29, 1.82) is 0 Å². The Morgan fingerprint density at radius 1 is 0.598 bits per heavy atom. The molecule has 12 bridgehead atoms. The number of hydrogen-bond donors (Lipinski definition) is 4. The molecule has 11 aliphatic rings. The number of carbonyl (C=O) groups excluding carboxylic acids is 9. The Labute approximate surface area is 715 Å². The molecule has 684 valence electrons. The molecule has 21 atom stereocenters. The number of ketones is 3. The van der Waals surface area contributed by atoms with Gasteiger partial charge in [-0.1, -0.05) is 58.2 Å². The lowest BCUT2D eigenvalue weighted by atomic mass is 9.81. The van der Waals surface area contributed by atoms with Gasteiger partial charge in [0.2, 0.25) is 5.91 Å². The number of esters is 1. The van der Waals surface area contributed by atoms with Crippen LogP contribution >= 0.6 is 0 Å². The summed E-state index contributed by atoms with van der Waals surface area (Å²) in [5, 5.41) is 17.6. The number of imide groups is 1. The zero-order valence-electron chi connectivity index (χ0n) is 71.6. The molecule has 5 N–H and O–H groups in total. The number of primary amides is 1. The number of rotatable bonds is 51. The second kappa shape index (κ2) is 49.2. The summed E-state index contributed by atoms with van der Waals surface area (Å²) < 4.78 is 116. The van der Waals surface area contributed by atoms with Gasteiger partial charge in [-0.05, 0) is 98.3 Å². The van der Waals surface area contributed by atoms with E-state index in [4.69, 9.17) is 101 Å². The van der Waals surface area contributed by atoms with Crippen molar-refractivity contribution in [3.8, 4) is 0 Å². The summed E-state index contributed by atoms with van der Waals surface area (Å²) in [6, 6.07) is 5.32. The Morgan fingerprint density at radius 2 is 1.17 bits per heavy atom. The van der Waals surface area contributed by atoms with Crippen molar-refractivity contribution in [2.75, 3.05) is 133 Å². The number of hydroxylamine groups is 2. The maximum absolute atomic E-state index is 14.6. The van der Waals surface area contributed by atoms with Crippen molar-refractivity contribution < 1.29 is 143 Å². The Bertz CT molecular complexity index is 3540. The zero-order chi connectivity index (χ0) is 86.5. The molecule has 0 aliphatic carbocycles. The van der Waals surface area contributed by atoms with E-state index in [1.165, 1.54) is 0 Å². The van der Waals surface area contributed by atoms with E-state index in [1.54, 1.807) is 31.4 Å². The molecule has 34 heteroatoms. The summed E-state index contributed by atoms with van der Waals surface area (Å²) in [5.74, 6) is -5.29. The molecule has 11 heterocycles. The van der Waals surface area contributed by atoms with E-state index in [-0.39, 0.29) is 213 Å². The summed E-state index contributed by atoms with van der Waals surface area (Å²) in [6.07, 6.45) is 2.06. The third-order valence-electron chi connectivity index (χ3n) is 24.6. The predicted octanol–water partition coefficient (Wildman–Crippen LogP) is 5.82. The first-order valence-electron chi connectivity index (χ1n) is 44.2. The number of nitrogens with one attached hydrogen (secondary N) is 2. The zero-order valence-corrected chi connectivity index (χ0v) is 71.6. The molecular formula is C88H132N4O30. The van der Waals surface area contributed by atoms with Crippen LogP contribution in [-0.2, 0) is 146 Å². The van der Waals surface area contributed by atoms with Gasteiger partial charge in [-0.3, -0.25) is 33.6 Å². The van der Waals surface area contributed by atoms with Crippen molar-refractivity contribution in [1.82, 2.24) is 15.7 Å². The van der Waals surface area contributed by atoms with Crippen LogP contribution in [0.5, 0.6) is 0 Å². The lowest BCUT2D eigenvalue weighted by molar-refractivity contribution is -0.292. The standard InChI is InChI=1S/C88H132N4O30/c1-54(2)66(48-61(94)22-26-104-28-30-106-32-34-108-36-38-110-40-42-112-43-41-111-39-37-109-35-33-107-31-29-105-27-23-79(100)122-92-76(97)18-19-77(92)98)86(101)91-68(8-7-25-90-87(89)102)69(96)46-58-9-11-59(12-10-58)53-113-78(99)20-13-60(93)50-74-80(103-6)67-49-62(95)47-64-15-17-71-81(116-64)85-84-83(118-71)82-75(119-84)52-88(120-82,121-85)24-21-65-45-56(4)70(114-65)16-14-63-44-55(3)57(5)72(115-63)51-73(67)117-74/h9-12,54-55,60,63-68,70-75,80-85,93H,4-5,7-8,13-53H2,1-3,6H3,(H,91,101)(H3,89,90,102)/t55-,60-,63?,64-,65+,66+,67?,68+,70+,71+,72-,73+,74-,75?,80-,81+,82+,83+,84-,85+,88+/m1/s1. The Kier molecular flexibility index (Phi) is 38.9. The fourth-order valence-electron chi connectivity index (χ4n) is 18.0. The van der Waals surface area contributed by atoms with Crippen LogP contribution in [0.1, 0.15) is 173 Å². The van der Waals surface area contributed by atoms with E-state index in [0.717, 1.165) is 43.3 Å². The van der Waals surface area contributed by atoms with Crippen LogP contribution in [0.2, 0.25) is 0 Å². The van der Waals surface area contributed by atoms with Crippen molar-refractivity contribution in [2.45, 2.75) is 285 Å². The Balaban J connectivity index is 0.539. The van der Waals surface area contributed by atoms with Crippen LogP contribution in [0, 0.1) is 23.7 Å². The smallest absolute Gasteiger partial charge is 0.335 e. The van der Waals surface area contributed by atoms with Gasteiger partial charge in [-0.2, -0.15) is 0 Å². The van der Waals surface area contributed by atoms with E-state index in [2.05, 4.69) is 30.7 Å². The number of amides is 5. The average Bonchev–Trinajstić information content (AvgIpc) is 1.55. The molecule has 3 unspecified atom stereocenters. The molecule has 1 spiro atoms. The number of Topliss-reactive ketones (excluding diaryl/α,β-unsaturated/α-hetero) is 3. The van der Waals surface area contributed by atoms with Crippen LogP contribution in [-0.4, -0.2) is 305 Å². The van der Waals surface area contributed by atoms with Crippen molar-refractivity contribution >= 4 is 53.0 Å². The Morgan fingerprint density at radius 3 is 1.80 bits per heavy atom. The first kappa shape index (κ1) is 96.4. The third-order valence-corrected chi connectivity index (χ3v) is 24.6. The monoisotopic (exact) mass is 1720 g/mol. The number of methoxy groups -OCH3 is 1. The number of benzene rings is 1. The molecule has 11 fully saturated rings. The predicted molar refractivity (Wildman–Crippen MR) is 432 cm³/mol. The van der Waals surface area contributed by atoms with Gasteiger partial charge in [0.05, 0.1) is 199 Å². The molecule has 11 aliphatic heterocycles. The minimum absolute atomic E-state index is 0.00793. The van der Waals surface area contributed by atoms with E-state index in [1.807, 2.05) is 13.8 Å². The molecule has 1 aromatic carbocycles. The van der Waals surface area contributed by atoms with Crippen molar-refractivity contribution in [3.05, 3.63) is 59.7 Å². The van der Waals surface area contributed by atoms with Gasteiger partial charge in [0.1, 0.15) is 48.7 Å². The average molecular weight is 1730 g/mol. The highest BCUT2D eigenvalue weighted by molar-refractivity contribution is 6.01. The highest BCUT2D eigenvalue weighted by atomic mass is 16.8. The summed E-state index contributed by atoms with van der Waals surface area (Å²) in [7, 11) is 1.60. The second-order valence-electron chi connectivity index (χ2n) is 34.0. The first-order chi connectivity index (χ1) is 59.0. The van der Waals surface area contributed by atoms with Gasteiger partial charge >= 0.3 is 18.0 Å². The summed E-state index contributed by atoms with van der Waals surface area (Å²) in [6.45, 7) is 20.8. The molecule has 34 nitrogen and oxygen atoms in total. The van der Waals surface area contributed by atoms with Crippen LogP contribution in [0.15, 0.2) is 48.6 Å². The first-order valence-corrected chi connectivity index (χ1v) is 44.2. The lowest BCUT2D eigenvalue weighted by Gasteiger charge is -2.47. The highest BCUT2D eigenvalue weighted by Gasteiger charge is 2.69. The molecule has 122 heavy (non-hydrogen) atoms. The van der Waals surface area contributed by atoms with E-state index >= 15 is 0 Å². The van der Waals surface area contributed by atoms with E-state index < -0.39 is 96.0 Å². The van der Waals surface area contributed by atoms with Gasteiger partial charge in [-0.25, -0.2) is 9.59 Å². The number of fused-ring (bicyclic) bond motifs is 6. The number of aliphatic hydroxyl groups excluding tert-OH is 1. The third kappa shape index (κ3) is 29.2. The molecule has 5 amide bonds. The molecule has 0 saturated carbocycles. The van der Waals surface area contributed by atoms with Crippen molar-refractivity contribution in [3.63, 3.8) is 0 Å². The number of nitrogens with zero attached hydrogens (tertiary/aromatic N) is 1. The van der Waals surface area contributed by atoms with Gasteiger partial charge in [0, 0.05) is 103 Å². The highest BCUT2D eigenvalue weighted by Crippen LogP contribution is 2.55. The summed E-state index contributed by atoms with van der Waals surface area (Å²) in [4.78, 5) is 120. The second-order valence-corrected chi connectivity index (χ2v) is 34.0. The molecule has 0 radical (unpaired) electrons. The maximum Gasteiger partial charge on any atom is 0.335 e. The normalized spacial score (nSPS) is 30.1. The molecule has 1 aromatic rings. The largest absolute Gasteiger partial charge is 0.461 e. The number of aliphatic hydroxyl groups is 1. The molecule has 12 rings (SSSR count). The van der Waals surface area contributed by atoms with Crippen LogP contribution < -0.4 is 16.4 Å². The number of urea groups is 1. The van der Waals surface area contributed by atoms with Gasteiger partial charge in [0.25, 0.3) is 11.8 Å². The fourth-order valence-corrected chi connectivity index (χ4v) is 18.0. The van der Waals surface area contributed by atoms with E-state index in [9.17, 15) is 48.3 Å². The number of hydrogen-bond acceptors (Lipinski definition) is 30. The van der Waals surface area contributed by atoms with Gasteiger partial charge < -0.3 is 116 Å². The Hall–Kier alpha value is -6.23. The quantitative estimate of drug-likeness (QED) is 0.0258. The number of carbonyl (C=O) groups is 9. The molecule has 0 aromatic heterocycles. The van der Waals surface area contributed by atoms with E-state index in [0.29, 0.717) is 141 Å². The SMILES string of the molecule is C=C1C[C@@H]2CC[C@@]34CC5O[C@H]6[C@@H](O3)[C@H]3O[C@H](CC[C@@H]3O[C@H]6[C@H]5O4)CC(=O)CC3[C@H](C[C@H]4OC(CC[C@@H]1O2)C[C@@H](C)C4=C)O[C@H](C[C@H](O)CCC(=O)OCc1ccc(CC(=O)[C@H](CCCNC(N)=O)NC(=O)[C@@H](CC(=O)CCOCCOCCOCCOCCOCCOCCOCCOCCOCCC(=O)ON2C(=O)CCC2=O)C(C)C)cc1)[C@@H]3OC. The number of ether oxygens (including phenoxy) is 19. The van der Waals surface area contributed by atoms with Crippen LogP contribution in [0.3, 0.4) is 0 Å². The minimum Gasteiger partial charge on any atom is -0.461 e. The van der Waals surface area contributed by atoms with Crippen LogP contribution in [0.4, 0.5) is 4.79 Å². The minimum atomic E-state index is -0.989. The van der Waals surface area contributed by atoms with Gasteiger partial charge in [-0.15, -0.1) is 5.06 Å². The summed E-state index contributed by atoms with van der Waals surface area (Å²) in [5.41, 5.74) is 8.67. The van der Waals surface area contributed by atoms with Crippen molar-refractivity contribution in [2.24, 2.45) is 29.4 Å². The van der Waals surface area contributed by atoms with Gasteiger partial charge in [0.15, 0.2) is 11.6 Å². The maximum atomic E-state index is 14.6. The molecule has 11 saturated heterocycles. The molecular weight excluding hydrogens is 1590 g/mol. The number of nitrogens with two attached hydrogens (primary N) is 1. The topological polar surface area (TPSA) is 412 Å². The summed E-state index contributed by atoms with van der Waals surface area (Å²) >= 11 is 0. The lowest BCUT2D eigenvalue weighted by Crippen LogP contribution is -2.61. The fraction of sp³-hybridized carbons (Fsp3) is 0.784. The van der Waals surface area contributed by atoms with Crippen LogP contribution in [0.25, 0.3) is 0 Å².